The van der Waals surface area contributed by atoms with Crippen LogP contribution in [0.2, 0.25) is 0 Å². The Bertz CT molecular complexity index is 1410. The van der Waals surface area contributed by atoms with Crippen LogP contribution in [0.5, 0.6) is 0 Å². The van der Waals surface area contributed by atoms with Crippen LogP contribution in [-0.2, 0) is 11.3 Å². The predicted molar refractivity (Wildman–Crippen MR) is 151 cm³/mol. The Morgan fingerprint density at radius 3 is 2.42 bits per heavy atom. The fourth-order valence-corrected chi connectivity index (χ4v) is 5.14. The van der Waals surface area contributed by atoms with E-state index in [-0.39, 0.29) is 24.5 Å². The van der Waals surface area contributed by atoms with Crippen LogP contribution in [0.25, 0.3) is 5.69 Å². The summed E-state index contributed by atoms with van der Waals surface area (Å²) in [4.78, 5) is 31.0. The molecule has 0 aliphatic carbocycles. The molecule has 0 saturated carbocycles. The molecule has 194 valence electrons. The number of hydrogen-bond acceptors (Lipinski definition) is 2. The maximum atomic E-state index is 14.2. The first-order valence-corrected chi connectivity index (χ1v) is 13.3. The van der Waals surface area contributed by atoms with Crippen molar-refractivity contribution in [3.05, 3.63) is 120 Å². The molecule has 38 heavy (non-hydrogen) atoms. The summed E-state index contributed by atoms with van der Waals surface area (Å²) < 4.78 is 2.16. The number of aryl methyl sites for hydroxylation is 1. The highest BCUT2D eigenvalue weighted by molar-refractivity contribution is 6.00. The number of rotatable bonds is 8. The fourth-order valence-electron chi connectivity index (χ4n) is 5.14. The maximum Gasteiger partial charge on any atom is 0.318 e. The van der Waals surface area contributed by atoms with Crippen molar-refractivity contribution in [1.29, 1.82) is 0 Å². The lowest BCUT2D eigenvalue weighted by molar-refractivity contribution is -0.119. The van der Waals surface area contributed by atoms with Gasteiger partial charge < -0.3 is 14.8 Å². The zero-order valence-corrected chi connectivity index (χ0v) is 22.0. The normalized spacial score (nSPS) is 13.9. The summed E-state index contributed by atoms with van der Waals surface area (Å²) in [7, 11) is 0. The third-order valence-corrected chi connectivity index (χ3v) is 7.03. The van der Waals surface area contributed by atoms with E-state index in [1.54, 1.807) is 4.90 Å². The van der Waals surface area contributed by atoms with E-state index in [2.05, 4.69) is 48.0 Å². The van der Waals surface area contributed by atoms with Crippen LogP contribution < -0.4 is 10.2 Å². The second-order valence-corrected chi connectivity index (χ2v) is 9.79. The van der Waals surface area contributed by atoms with Crippen LogP contribution in [0, 0.1) is 6.92 Å². The average Bonchev–Trinajstić information content (AvgIpc) is 3.43. The smallest absolute Gasteiger partial charge is 0.318 e. The Morgan fingerprint density at radius 2 is 1.66 bits per heavy atom. The van der Waals surface area contributed by atoms with Gasteiger partial charge in [0.2, 0.25) is 5.91 Å². The number of carbonyl (C=O) groups is 2. The molecular formula is C32H34N4O2. The monoisotopic (exact) mass is 506 g/mol. The molecule has 6 nitrogen and oxygen atoms in total. The van der Waals surface area contributed by atoms with Crippen LogP contribution in [0.3, 0.4) is 0 Å². The number of hydrogen-bond donors (Lipinski definition) is 1. The SMILES string of the molecule is CCCCN(CC(=O)N1c2ccccc2-n2cccc2C1c1cccc(C)c1)C(=O)NCc1ccccc1. The average molecular weight is 507 g/mol. The van der Waals surface area contributed by atoms with Gasteiger partial charge in [-0.3, -0.25) is 9.69 Å². The Hall–Kier alpha value is -4.32. The molecule has 0 saturated heterocycles. The Kier molecular flexibility index (Phi) is 7.59. The molecular weight excluding hydrogens is 472 g/mol. The number of aromatic nitrogens is 1. The van der Waals surface area contributed by atoms with E-state index >= 15 is 0 Å². The number of urea groups is 1. The van der Waals surface area contributed by atoms with Crippen molar-refractivity contribution in [3.8, 4) is 5.69 Å². The minimum Gasteiger partial charge on any atom is -0.334 e. The van der Waals surface area contributed by atoms with Gasteiger partial charge in [-0.25, -0.2) is 4.79 Å². The van der Waals surface area contributed by atoms with Crippen LogP contribution in [0.15, 0.2) is 97.2 Å². The van der Waals surface area contributed by atoms with Crippen LogP contribution in [-0.4, -0.2) is 34.5 Å². The van der Waals surface area contributed by atoms with E-state index in [1.807, 2.05) is 77.8 Å². The number of unbranched alkanes of at least 4 members (excludes halogenated alkanes) is 1. The van der Waals surface area contributed by atoms with Gasteiger partial charge in [-0.2, -0.15) is 0 Å². The summed E-state index contributed by atoms with van der Waals surface area (Å²) in [6, 6.07) is 29.7. The highest BCUT2D eigenvalue weighted by atomic mass is 16.2. The zero-order chi connectivity index (χ0) is 26.5. The fraction of sp³-hybridized carbons (Fsp3) is 0.250. The van der Waals surface area contributed by atoms with Crippen molar-refractivity contribution >= 4 is 17.6 Å². The Morgan fingerprint density at radius 1 is 0.895 bits per heavy atom. The number of fused-ring (bicyclic) bond motifs is 3. The van der Waals surface area contributed by atoms with Crippen molar-refractivity contribution in [1.82, 2.24) is 14.8 Å². The van der Waals surface area contributed by atoms with Gasteiger partial charge in [0, 0.05) is 19.3 Å². The molecule has 3 aromatic carbocycles. The summed E-state index contributed by atoms with van der Waals surface area (Å²) in [6.07, 6.45) is 3.80. The molecule has 1 aliphatic rings. The van der Waals surface area contributed by atoms with Crippen molar-refractivity contribution in [2.75, 3.05) is 18.0 Å². The van der Waals surface area contributed by atoms with E-state index in [0.717, 1.165) is 46.6 Å². The first-order valence-electron chi connectivity index (χ1n) is 13.3. The van der Waals surface area contributed by atoms with Gasteiger partial charge in [0.25, 0.3) is 0 Å². The third-order valence-electron chi connectivity index (χ3n) is 7.03. The van der Waals surface area contributed by atoms with Crippen molar-refractivity contribution in [2.45, 2.75) is 39.3 Å². The maximum absolute atomic E-state index is 14.2. The molecule has 0 radical (unpaired) electrons. The lowest BCUT2D eigenvalue weighted by Gasteiger charge is -2.39. The minimum absolute atomic E-state index is 0.00200. The highest BCUT2D eigenvalue weighted by Crippen LogP contribution is 2.42. The zero-order valence-electron chi connectivity index (χ0n) is 22.0. The van der Waals surface area contributed by atoms with Gasteiger partial charge in [0.1, 0.15) is 12.6 Å². The van der Waals surface area contributed by atoms with Gasteiger partial charge in [0.15, 0.2) is 0 Å². The lowest BCUT2D eigenvalue weighted by Crippen LogP contribution is -2.49. The molecule has 3 amide bonds. The van der Waals surface area contributed by atoms with Crippen LogP contribution in [0.4, 0.5) is 10.5 Å². The number of benzene rings is 3. The Labute approximate surface area is 224 Å². The number of anilines is 1. The van der Waals surface area contributed by atoms with E-state index in [4.69, 9.17) is 0 Å². The summed E-state index contributed by atoms with van der Waals surface area (Å²) in [5.41, 5.74) is 6.02. The number of amides is 3. The molecule has 0 spiro atoms. The summed E-state index contributed by atoms with van der Waals surface area (Å²) in [5.74, 6) is -0.109. The van der Waals surface area contributed by atoms with Gasteiger partial charge in [-0.15, -0.1) is 0 Å². The lowest BCUT2D eigenvalue weighted by atomic mass is 9.96. The summed E-state index contributed by atoms with van der Waals surface area (Å²) >= 11 is 0. The van der Waals surface area contributed by atoms with E-state index in [1.165, 1.54) is 0 Å². The summed E-state index contributed by atoms with van der Waals surface area (Å²) in [6.45, 7) is 5.09. The van der Waals surface area contributed by atoms with Crippen molar-refractivity contribution in [2.24, 2.45) is 0 Å². The predicted octanol–water partition coefficient (Wildman–Crippen LogP) is 6.23. The third kappa shape index (κ3) is 5.21. The van der Waals surface area contributed by atoms with Crippen LogP contribution >= 0.6 is 0 Å². The van der Waals surface area contributed by atoms with E-state index in [9.17, 15) is 9.59 Å². The molecule has 1 atom stereocenters. The largest absolute Gasteiger partial charge is 0.334 e. The second-order valence-electron chi connectivity index (χ2n) is 9.79. The quantitative estimate of drug-likeness (QED) is 0.308. The minimum atomic E-state index is -0.298. The number of nitrogens with zero attached hydrogens (tertiary/aromatic N) is 3. The molecule has 0 bridgehead atoms. The second kappa shape index (κ2) is 11.4. The summed E-state index contributed by atoms with van der Waals surface area (Å²) in [5, 5.41) is 3.01. The molecule has 4 aromatic rings. The molecule has 0 fully saturated rings. The van der Waals surface area contributed by atoms with Crippen molar-refractivity contribution < 1.29 is 9.59 Å². The van der Waals surface area contributed by atoms with Gasteiger partial charge in [0.05, 0.1) is 17.1 Å². The molecule has 1 N–H and O–H groups in total. The van der Waals surface area contributed by atoms with E-state index < -0.39 is 0 Å². The van der Waals surface area contributed by atoms with Crippen molar-refractivity contribution in [3.63, 3.8) is 0 Å². The van der Waals surface area contributed by atoms with Gasteiger partial charge in [-0.05, 0) is 48.7 Å². The van der Waals surface area contributed by atoms with Gasteiger partial charge in [-0.1, -0.05) is 85.6 Å². The number of para-hydroxylation sites is 2. The highest BCUT2D eigenvalue weighted by Gasteiger charge is 2.36. The molecule has 1 aliphatic heterocycles. The standard InChI is InChI=1S/C32H34N4O2/c1-3-4-19-34(32(38)33-22-25-13-6-5-7-14-25)23-30(37)36-28-17-9-8-16-27(28)35-20-11-18-29(35)31(36)26-15-10-12-24(2)21-26/h5-18,20-21,31H,3-4,19,22-23H2,1-2H3,(H,33,38). The molecule has 1 aromatic heterocycles. The first-order chi connectivity index (χ1) is 18.6. The van der Waals surface area contributed by atoms with Gasteiger partial charge >= 0.3 is 6.03 Å². The van der Waals surface area contributed by atoms with Crippen LogP contribution in [0.1, 0.15) is 48.2 Å². The molecule has 5 rings (SSSR count). The Balaban J connectivity index is 1.47. The number of nitrogens with one attached hydrogen (secondary N) is 1. The van der Waals surface area contributed by atoms with E-state index in [0.29, 0.717) is 13.1 Å². The molecule has 2 heterocycles. The molecule has 6 heteroatoms. The number of carbonyl (C=O) groups excluding carboxylic acids is 2. The molecule has 1 unspecified atom stereocenters. The first kappa shape index (κ1) is 25.3. The topological polar surface area (TPSA) is 57.6 Å².